The molecule has 1 N–H and O–H groups in total. The molecular weight excluding hydrogens is 516 g/mol. The number of ether oxygens (including phenoxy) is 1. The van der Waals surface area contributed by atoms with E-state index >= 15 is 0 Å². The molecule has 8 heteroatoms. The van der Waals surface area contributed by atoms with Crippen LogP contribution in [0.4, 0.5) is 5.69 Å². The minimum atomic E-state index is -0.405. The third-order valence-corrected chi connectivity index (χ3v) is 7.44. The first-order chi connectivity index (χ1) is 18.4. The normalized spacial score (nSPS) is 14.1. The van der Waals surface area contributed by atoms with Crippen molar-refractivity contribution >= 4 is 57.8 Å². The van der Waals surface area contributed by atoms with E-state index in [-0.39, 0.29) is 11.8 Å². The Morgan fingerprint density at radius 3 is 2.29 bits per heavy atom. The Morgan fingerprint density at radius 2 is 1.61 bits per heavy atom. The number of esters is 1. The number of nitrogens with zero attached hydrogens (tertiary/aromatic N) is 1. The van der Waals surface area contributed by atoms with Gasteiger partial charge in [0.25, 0.3) is 5.91 Å². The van der Waals surface area contributed by atoms with Crippen LogP contribution < -0.4 is 5.32 Å². The van der Waals surface area contributed by atoms with Gasteiger partial charge in [0.05, 0.1) is 17.6 Å². The Morgan fingerprint density at radius 1 is 0.921 bits per heavy atom. The molecular formula is C30H28N2O4S2. The molecule has 1 aliphatic heterocycles. The quantitative estimate of drug-likeness (QED) is 0.135. The largest absolute Gasteiger partial charge is 0.465 e. The van der Waals surface area contributed by atoms with Gasteiger partial charge in [0.2, 0.25) is 5.91 Å². The predicted molar refractivity (Wildman–Crippen MR) is 157 cm³/mol. The molecule has 0 aromatic heterocycles. The number of carbonyl (C=O) groups is 3. The summed E-state index contributed by atoms with van der Waals surface area (Å²) in [5.74, 6) is -0.546. The van der Waals surface area contributed by atoms with Gasteiger partial charge in [-0.15, -0.1) is 0 Å². The van der Waals surface area contributed by atoms with Gasteiger partial charge in [-0.2, -0.15) is 0 Å². The second-order valence-electron chi connectivity index (χ2n) is 8.75. The second-order valence-corrected chi connectivity index (χ2v) is 10.4. The monoisotopic (exact) mass is 544 g/mol. The summed E-state index contributed by atoms with van der Waals surface area (Å²) in [5.41, 5.74) is 4.27. The van der Waals surface area contributed by atoms with Gasteiger partial charge < -0.3 is 10.1 Å². The molecule has 0 bridgehead atoms. The van der Waals surface area contributed by atoms with E-state index in [1.54, 1.807) is 35.2 Å². The number of methoxy groups -OCH3 is 1. The van der Waals surface area contributed by atoms with Crippen LogP contribution in [0.3, 0.4) is 0 Å². The number of thioether (sulfide) groups is 1. The maximum atomic E-state index is 12.8. The van der Waals surface area contributed by atoms with Gasteiger partial charge in [0, 0.05) is 18.7 Å². The number of nitrogens with one attached hydrogen (secondary N) is 1. The van der Waals surface area contributed by atoms with Crippen molar-refractivity contribution in [3.8, 4) is 11.1 Å². The van der Waals surface area contributed by atoms with Gasteiger partial charge in [-0.25, -0.2) is 4.79 Å². The van der Waals surface area contributed by atoms with E-state index in [1.807, 2.05) is 42.5 Å². The minimum absolute atomic E-state index is 0.0239. The van der Waals surface area contributed by atoms with Crippen molar-refractivity contribution in [1.29, 1.82) is 0 Å². The van der Waals surface area contributed by atoms with Crippen LogP contribution in [0.2, 0.25) is 0 Å². The van der Waals surface area contributed by atoms with Crippen LogP contribution in [0.5, 0.6) is 0 Å². The zero-order chi connectivity index (χ0) is 26.9. The topological polar surface area (TPSA) is 75.7 Å². The van der Waals surface area contributed by atoms with Crippen molar-refractivity contribution in [2.24, 2.45) is 0 Å². The SMILES string of the molecule is COC(=O)c1ccc(C=C2SC(=S)N(CCCCCC(=O)Nc3ccc(-c4ccccc4)cc3)C2=O)cc1. The molecule has 1 saturated heterocycles. The van der Waals surface area contributed by atoms with E-state index in [1.165, 1.54) is 18.9 Å². The molecule has 3 aromatic carbocycles. The van der Waals surface area contributed by atoms with Gasteiger partial charge >= 0.3 is 5.97 Å². The zero-order valence-corrected chi connectivity index (χ0v) is 22.6. The van der Waals surface area contributed by atoms with Gasteiger partial charge in [-0.1, -0.05) is 85.0 Å². The number of anilines is 1. The maximum Gasteiger partial charge on any atom is 0.337 e. The zero-order valence-electron chi connectivity index (χ0n) is 21.0. The van der Waals surface area contributed by atoms with Crippen molar-refractivity contribution in [1.82, 2.24) is 4.90 Å². The molecule has 1 heterocycles. The Kier molecular flexibility index (Phi) is 9.46. The van der Waals surface area contributed by atoms with Crippen molar-refractivity contribution < 1.29 is 19.1 Å². The third kappa shape index (κ3) is 7.18. The second kappa shape index (κ2) is 13.2. The van der Waals surface area contributed by atoms with E-state index in [2.05, 4.69) is 17.4 Å². The molecule has 3 aromatic rings. The summed E-state index contributed by atoms with van der Waals surface area (Å²) in [6.07, 6.45) is 4.49. The highest BCUT2D eigenvalue weighted by Crippen LogP contribution is 2.33. The first-order valence-electron chi connectivity index (χ1n) is 12.3. The van der Waals surface area contributed by atoms with Crippen molar-refractivity contribution in [3.05, 3.63) is 94.9 Å². The summed E-state index contributed by atoms with van der Waals surface area (Å²) in [7, 11) is 1.34. The average molecular weight is 545 g/mol. The summed E-state index contributed by atoms with van der Waals surface area (Å²) >= 11 is 6.69. The molecule has 6 nitrogen and oxygen atoms in total. The van der Waals surface area contributed by atoms with Crippen molar-refractivity contribution in [2.75, 3.05) is 19.0 Å². The fourth-order valence-electron chi connectivity index (χ4n) is 4.01. The van der Waals surface area contributed by atoms with Gasteiger partial charge in [0.15, 0.2) is 0 Å². The summed E-state index contributed by atoms with van der Waals surface area (Å²) in [6, 6.07) is 24.8. The first-order valence-corrected chi connectivity index (χ1v) is 13.6. The number of amides is 2. The van der Waals surface area contributed by atoms with Crippen molar-refractivity contribution in [3.63, 3.8) is 0 Å². The molecule has 1 fully saturated rings. The number of unbranched alkanes of at least 4 members (excludes halogenated alkanes) is 2. The molecule has 1 aliphatic rings. The number of thiocarbonyl (C=S) groups is 1. The molecule has 0 atom stereocenters. The fourth-order valence-corrected chi connectivity index (χ4v) is 5.32. The number of hydrogen-bond donors (Lipinski definition) is 1. The van der Waals surface area contributed by atoms with E-state index < -0.39 is 5.97 Å². The number of rotatable bonds is 10. The van der Waals surface area contributed by atoms with Gasteiger partial charge in [0.1, 0.15) is 4.32 Å². The summed E-state index contributed by atoms with van der Waals surface area (Å²) in [6.45, 7) is 0.520. The highest BCUT2D eigenvalue weighted by Gasteiger charge is 2.31. The van der Waals surface area contributed by atoms with E-state index in [0.29, 0.717) is 27.8 Å². The summed E-state index contributed by atoms with van der Waals surface area (Å²) in [4.78, 5) is 38.9. The summed E-state index contributed by atoms with van der Waals surface area (Å²) in [5, 5.41) is 2.95. The van der Waals surface area contributed by atoms with Crippen LogP contribution in [0, 0.1) is 0 Å². The molecule has 2 amide bonds. The Bertz CT molecular complexity index is 1340. The lowest BCUT2D eigenvalue weighted by molar-refractivity contribution is -0.122. The number of benzene rings is 3. The molecule has 0 unspecified atom stereocenters. The highest BCUT2D eigenvalue weighted by atomic mass is 32.2. The molecule has 0 saturated carbocycles. The lowest BCUT2D eigenvalue weighted by Gasteiger charge is -2.14. The van der Waals surface area contributed by atoms with Crippen molar-refractivity contribution in [2.45, 2.75) is 25.7 Å². The van der Waals surface area contributed by atoms with Crippen LogP contribution in [0.1, 0.15) is 41.6 Å². The fraction of sp³-hybridized carbons (Fsp3) is 0.200. The lowest BCUT2D eigenvalue weighted by Crippen LogP contribution is -2.29. The van der Waals surface area contributed by atoms with Crippen LogP contribution in [-0.2, 0) is 14.3 Å². The van der Waals surface area contributed by atoms with Crippen LogP contribution in [-0.4, -0.2) is 40.7 Å². The Labute approximate surface area is 232 Å². The lowest BCUT2D eigenvalue weighted by atomic mass is 10.1. The molecule has 194 valence electrons. The number of carbonyl (C=O) groups excluding carboxylic acids is 3. The first kappa shape index (κ1) is 27.3. The van der Waals surface area contributed by atoms with Crippen LogP contribution in [0.15, 0.2) is 83.8 Å². The standard InChI is InChI=1S/C30H28N2O4S2/c1-36-29(35)24-13-11-21(12-14-24)20-26-28(34)32(30(37)38-26)19-7-3-6-10-27(33)31-25-17-15-23(16-18-25)22-8-4-2-5-9-22/h2,4-5,8-9,11-18,20H,3,6-7,10,19H2,1H3,(H,31,33). The number of hydrogen-bond acceptors (Lipinski definition) is 6. The van der Waals surface area contributed by atoms with E-state index in [4.69, 9.17) is 17.0 Å². The molecule has 0 spiro atoms. The third-order valence-electron chi connectivity index (χ3n) is 6.06. The molecule has 0 aliphatic carbocycles. The van der Waals surface area contributed by atoms with E-state index in [0.717, 1.165) is 41.6 Å². The highest BCUT2D eigenvalue weighted by molar-refractivity contribution is 8.26. The smallest absolute Gasteiger partial charge is 0.337 e. The van der Waals surface area contributed by atoms with Gasteiger partial charge in [-0.05, 0) is 59.9 Å². The average Bonchev–Trinajstić information content (AvgIpc) is 3.21. The van der Waals surface area contributed by atoms with Crippen LogP contribution in [0.25, 0.3) is 17.2 Å². The Balaban J connectivity index is 1.19. The molecule has 38 heavy (non-hydrogen) atoms. The minimum Gasteiger partial charge on any atom is -0.465 e. The van der Waals surface area contributed by atoms with Crippen LogP contribution >= 0.6 is 24.0 Å². The summed E-state index contributed by atoms with van der Waals surface area (Å²) < 4.78 is 5.24. The molecule has 4 rings (SSSR count). The van der Waals surface area contributed by atoms with E-state index in [9.17, 15) is 14.4 Å². The van der Waals surface area contributed by atoms with Gasteiger partial charge in [-0.3, -0.25) is 14.5 Å². The molecule has 0 radical (unpaired) electrons. The maximum absolute atomic E-state index is 12.8. The predicted octanol–water partition coefficient (Wildman–Crippen LogP) is 6.54. The Hall–Kier alpha value is -3.75.